The highest BCUT2D eigenvalue weighted by atomic mass is 16.3. The number of rotatable bonds is 2. The Morgan fingerprint density at radius 1 is 1.24 bits per heavy atom. The van der Waals surface area contributed by atoms with Gasteiger partial charge in [-0.1, -0.05) is 24.3 Å². The van der Waals surface area contributed by atoms with Crippen molar-refractivity contribution in [3.63, 3.8) is 0 Å². The van der Waals surface area contributed by atoms with Crippen LogP contribution in [0.5, 0.6) is 0 Å². The van der Waals surface area contributed by atoms with Crippen LogP contribution in [-0.4, -0.2) is 52.1 Å². The molecule has 1 aromatic rings. The van der Waals surface area contributed by atoms with Gasteiger partial charge in [-0.25, -0.2) is 0 Å². The monoisotopic (exact) mass is 344 g/mol. The van der Waals surface area contributed by atoms with Crippen LogP contribution in [0.1, 0.15) is 51.2 Å². The summed E-state index contributed by atoms with van der Waals surface area (Å²) in [5, 5.41) is 10.7. The Labute approximate surface area is 151 Å². The molecule has 0 radical (unpaired) electrons. The largest absolute Gasteiger partial charge is 0.391 e. The summed E-state index contributed by atoms with van der Waals surface area (Å²) in [7, 11) is 0. The predicted molar refractivity (Wildman–Crippen MR) is 100 cm³/mol. The van der Waals surface area contributed by atoms with Crippen LogP contribution in [-0.2, 0) is 11.3 Å². The Morgan fingerprint density at radius 2 is 1.88 bits per heavy atom. The number of nitrogens with zero attached hydrogens (tertiary/aromatic N) is 2. The number of piperidine rings is 2. The van der Waals surface area contributed by atoms with Crippen molar-refractivity contribution in [3.8, 4) is 0 Å². The summed E-state index contributed by atoms with van der Waals surface area (Å²) < 4.78 is 0. The lowest BCUT2D eigenvalue weighted by molar-refractivity contribution is -0.157. The number of hydrogen-bond donors (Lipinski definition) is 1. The second kappa shape index (κ2) is 6.73. The molecule has 2 aliphatic rings. The maximum atomic E-state index is 12.1. The van der Waals surface area contributed by atoms with Gasteiger partial charge < -0.3 is 10.0 Å². The molecule has 1 aromatic carbocycles. The lowest BCUT2D eigenvalue weighted by Gasteiger charge is -2.55. The molecular weight excluding hydrogens is 312 g/mol. The highest BCUT2D eigenvalue weighted by Gasteiger charge is 2.50. The van der Waals surface area contributed by atoms with E-state index in [9.17, 15) is 9.90 Å². The molecule has 2 aliphatic heterocycles. The first-order chi connectivity index (χ1) is 11.7. The van der Waals surface area contributed by atoms with Gasteiger partial charge in [-0.2, -0.15) is 0 Å². The van der Waals surface area contributed by atoms with Gasteiger partial charge in [0.05, 0.1) is 11.6 Å². The van der Waals surface area contributed by atoms with Gasteiger partial charge in [-0.15, -0.1) is 0 Å². The SMILES string of the molecule is CC(=O)N1CC2(CCN(Cc3ccccc3C)CC2)CC(O)C1(C)C. The first-order valence-electron chi connectivity index (χ1n) is 9.47. The molecule has 2 heterocycles. The number of likely N-dealkylation sites (tertiary alicyclic amines) is 2. The molecule has 1 amide bonds. The fraction of sp³-hybridized carbons (Fsp3) is 0.667. The third-order valence-corrected chi connectivity index (χ3v) is 6.58. The standard InChI is InChI=1S/C21H32N2O2/c1-16-7-5-6-8-18(16)14-22-11-9-21(10-12-22)13-19(25)20(3,4)23(15-21)17(2)24/h5-8,19,25H,9-15H2,1-4H3. The third-order valence-electron chi connectivity index (χ3n) is 6.58. The topological polar surface area (TPSA) is 43.8 Å². The zero-order valence-electron chi connectivity index (χ0n) is 16.1. The normalized spacial score (nSPS) is 26.0. The molecule has 1 unspecified atom stereocenters. The summed E-state index contributed by atoms with van der Waals surface area (Å²) in [5.41, 5.74) is 2.35. The van der Waals surface area contributed by atoms with Gasteiger partial charge in [0.1, 0.15) is 0 Å². The average molecular weight is 344 g/mol. The smallest absolute Gasteiger partial charge is 0.219 e. The van der Waals surface area contributed by atoms with Crippen LogP contribution in [0.25, 0.3) is 0 Å². The van der Waals surface area contributed by atoms with E-state index >= 15 is 0 Å². The lowest BCUT2D eigenvalue weighted by atomic mass is 9.67. The van der Waals surface area contributed by atoms with E-state index in [1.807, 2.05) is 18.7 Å². The molecule has 4 heteroatoms. The summed E-state index contributed by atoms with van der Waals surface area (Å²) in [6.07, 6.45) is 2.46. The fourth-order valence-electron chi connectivity index (χ4n) is 4.54. The van der Waals surface area contributed by atoms with Crippen LogP contribution in [0.3, 0.4) is 0 Å². The van der Waals surface area contributed by atoms with E-state index in [1.165, 1.54) is 11.1 Å². The maximum Gasteiger partial charge on any atom is 0.219 e. The minimum atomic E-state index is -0.463. The Kier molecular flexibility index (Phi) is 4.95. The van der Waals surface area contributed by atoms with Crippen LogP contribution in [0.2, 0.25) is 0 Å². The molecule has 4 nitrogen and oxygen atoms in total. The Balaban J connectivity index is 1.67. The molecule has 2 fully saturated rings. The zero-order valence-corrected chi connectivity index (χ0v) is 16.1. The van der Waals surface area contributed by atoms with Gasteiger partial charge in [0.25, 0.3) is 0 Å². The maximum absolute atomic E-state index is 12.1. The van der Waals surface area contributed by atoms with Crippen LogP contribution < -0.4 is 0 Å². The Morgan fingerprint density at radius 3 is 2.48 bits per heavy atom. The summed E-state index contributed by atoms with van der Waals surface area (Å²) in [4.78, 5) is 16.5. The van der Waals surface area contributed by atoms with Gasteiger partial charge in [0, 0.05) is 20.0 Å². The second-order valence-electron chi connectivity index (χ2n) is 8.68. The molecule has 25 heavy (non-hydrogen) atoms. The first kappa shape index (κ1) is 18.4. The number of aliphatic hydroxyl groups excluding tert-OH is 1. The van der Waals surface area contributed by atoms with Crippen molar-refractivity contribution in [2.45, 2.75) is 65.1 Å². The van der Waals surface area contributed by atoms with Crippen molar-refractivity contribution in [3.05, 3.63) is 35.4 Å². The van der Waals surface area contributed by atoms with E-state index in [0.29, 0.717) is 0 Å². The summed E-state index contributed by atoms with van der Waals surface area (Å²) >= 11 is 0. The number of carbonyl (C=O) groups excluding carboxylic acids is 1. The van der Waals surface area contributed by atoms with Crippen LogP contribution in [0.15, 0.2) is 24.3 Å². The molecule has 138 valence electrons. The van der Waals surface area contributed by atoms with Crippen molar-refractivity contribution in [2.75, 3.05) is 19.6 Å². The molecule has 1 N–H and O–H groups in total. The molecule has 3 rings (SSSR count). The Bertz CT molecular complexity index is 633. The van der Waals surface area contributed by atoms with Crippen molar-refractivity contribution in [1.29, 1.82) is 0 Å². The van der Waals surface area contributed by atoms with E-state index in [4.69, 9.17) is 0 Å². The molecule has 1 atom stereocenters. The molecule has 2 saturated heterocycles. The summed E-state index contributed by atoms with van der Waals surface area (Å²) in [6, 6.07) is 8.58. The van der Waals surface area contributed by atoms with Crippen molar-refractivity contribution in [1.82, 2.24) is 9.80 Å². The highest BCUT2D eigenvalue weighted by molar-refractivity contribution is 5.74. The van der Waals surface area contributed by atoms with Gasteiger partial charge in [0.2, 0.25) is 5.91 Å². The van der Waals surface area contributed by atoms with E-state index < -0.39 is 11.6 Å². The molecule has 1 spiro atoms. The molecule has 0 aliphatic carbocycles. The molecule has 0 saturated carbocycles. The minimum Gasteiger partial charge on any atom is -0.391 e. The molecule has 0 bridgehead atoms. The number of amides is 1. The van der Waals surface area contributed by atoms with Crippen LogP contribution >= 0.6 is 0 Å². The zero-order chi connectivity index (χ0) is 18.2. The number of aryl methyl sites for hydroxylation is 1. The predicted octanol–water partition coefficient (Wildman–Crippen LogP) is 2.97. The highest BCUT2D eigenvalue weighted by Crippen LogP contribution is 2.45. The van der Waals surface area contributed by atoms with Gasteiger partial charge >= 0.3 is 0 Å². The quantitative estimate of drug-likeness (QED) is 0.897. The van der Waals surface area contributed by atoms with Crippen molar-refractivity contribution >= 4 is 5.91 Å². The van der Waals surface area contributed by atoms with E-state index in [1.54, 1.807) is 6.92 Å². The summed E-state index contributed by atoms with van der Waals surface area (Å²) in [6.45, 7) is 11.6. The molecular formula is C21H32N2O2. The van der Waals surface area contributed by atoms with E-state index in [-0.39, 0.29) is 11.3 Å². The van der Waals surface area contributed by atoms with E-state index in [2.05, 4.69) is 36.1 Å². The van der Waals surface area contributed by atoms with Crippen LogP contribution in [0, 0.1) is 12.3 Å². The van der Waals surface area contributed by atoms with Crippen LogP contribution in [0.4, 0.5) is 0 Å². The van der Waals surface area contributed by atoms with Gasteiger partial charge in [-0.3, -0.25) is 9.69 Å². The first-order valence-corrected chi connectivity index (χ1v) is 9.47. The van der Waals surface area contributed by atoms with Crippen molar-refractivity contribution in [2.24, 2.45) is 5.41 Å². The Hall–Kier alpha value is -1.39. The number of benzene rings is 1. The fourth-order valence-corrected chi connectivity index (χ4v) is 4.54. The van der Waals surface area contributed by atoms with E-state index in [0.717, 1.165) is 45.4 Å². The molecule has 0 aromatic heterocycles. The van der Waals surface area contributed by atoms with Crippen molar-refractivity contribution < 1.29 is 9.90 Å². The van der Waals surface area contributed by atoms with Gasteiger partial charge in [-0.05, 0) is 69.7 Å². The third kappa shape index (κ3) is 3.61. The number of aliphatic hydroxyl groups is 1. The number of hydrogen-bond acceptors (Lipinski definition) is 3. The lowest BCUT2D eigenvalue weighted by Crippen LogP contribution is -2.64. The minimum absolute atomic E-state index is 0.0723. The summed E-state index contributed by atoms with van der Waals surface area (Å²) in [5.74, 6) is 0.0745. The van der Waals surface area contributed by atoms with Gasteiger partial charge in [0.15, 0.2) is 0 Å². The number of carbonyl (C=O) groups is 1. The second-order valence-corrected chi connectivity index (χ2v) is 8.68. The average Bonchev–Trinajstić information content (AvgIpc) is 2.55.